The maximum absolute atomic E-state index is 13.5. The van der Waals surface area contributed by atoms with Crippen molar-refractivity contribution in [3.63, 3.8) is 0 Å². The van der Waals surface area contributed by atoms with Crippen LogP contribution in [0.25, 0.3) is 0 Å². The first-order valence-electron chi connectivity index (χ1n) is 19.5. The molecule has 0 aromatic heterocycles. The highest BCUT2D eigenvalue weighted by molar-refractivity contribution is 5.83. The SMILES string of the molecule is CCCCCCCCCCCCCCCCC(CCC)C(=O)NC1CCCC(C(CC(=O)O)NC(=O)C2OC(C)(C)OCC2(C)C)C1. The fraction of sp³-hybridized carbons (Fsp3) is 0.923. The fourth-order valence-electron chi connectivity index (χ4n) is 7.49. The van der Waals surface area contributed by atoms with Gasteiger partial charge in [-0.1, -0.05) is 130 Å². The lowest BCUT2D eigenvalue weighted by atomic mass is 9.79. The molecule has 0 radical (unpaired) electrons. The Morgan fingerprint density at radius 1 is 0.787 bits per heavy atom. The van der Waals surface area contributed by atoms with Crippen molar-refractivity contribution in [2.24, 2.45) is 17.3 Å². The van der Waals surface area contributed by atoms with Crippen molar-refractivity contribution in [1.29, 1.82) is 0 Å². The second-order valence-electron chi connectivity index (χ2n) is 15.9. The minimum Gasteiger partial charge on any atom is -0.481 e. The topological polar surface area (TPSA) is 114 Å². The number of carboxylic acid groups (broad SMARTS) is 1. The molecule has 5 unspecified atom stereocenters. The summed E-state index contributed by atoms with van der Waals surface area (Å²) in [7, 11) is 0. The molecule has 1 aliphatic heterocycles. The Morgan fingerprint density at radius 2 is 1.36 bits per heavy atom. The van der Waals surface area contributed by atoms with Crippen LogP contribution in [0, 0.1) is 17.3 Å². The summed E-state index contributed by atoms with van der Waals surface area (Å²) in [5, 5.41) is 16.1. The van der Waals surface area contributed by atoms with Gasteiger partial charge in [-0.15, -0.1) is 0 Å². The molecule has 8 heteroatoms. The summed E-state index contributed by atoms with van der Waals surface area (Å²) in [6, 6.07) is -0.521. The largest absolute Gasteiger partial charge is 0.481 e. The summed E-state index contributed by atoms with van der Waals surface area (Å²) >= 11 is 0. The molecule has 8 nitrogen and oxygen atoms in total. The molecule has 2 fully saturated rings. The minimum atomic E-state index is -0.940. The van der Waals surface area contributed by atoms with E-state index >= 15 is 0 Å². The van der Waals surface area contributed by atoms with Gasteiger partial charge >= 0.3 is 5.97 Å². The van der Waals surface area contributed by atoms with Gasteiger partial charge in [-0.25, -0.2) is 0 Å². The number of ether oxygens (including phenoxy) is 2. The molecular formula is C39H72N2O6. The van der Waals surface area contributed by atoms with Gasteiger partial charge in [-0.3, -0.25) is 14.4 Å². The third-order valence-corrected chi connectivity index (χ3v) is 10.4. The number of aliphatic carboxylic acids is 1. The normalized spacial score (nSPS) is 23.5. The molecule has 0 spiro atoms. The van der Waals surface area contributed by atoms with Gasteiger partial charge in [-0.05, 0) is 51.9 Å². The Labute approximate surface area is 287 Å². The van der Waals surface area contributed by atoms with E-state index in [0.29, 0.717) is 13.0 Å². The number of hydrogen-bond acceptors (Lipinski definition) is 5. The van der Waals surface area contributed by atoms with Crippen molar-refractivity contribution in [3.05, 3.63) is 0 Å². The lowest BCUT2D eigenvalue weighted by molar-refractivity contribution is -0.304. The van der Waals surface area contributed by atoms with Crippen molar-refractivity contribution in [2.45, 2.75) is 207 Å². The predicted molar refractivity (Wildman–Crippen MR) is 190 cm³/mol. The molecule has 2 rings (SSSR count). The Hall–Kier alpha value is -1.67. The van der Waals surface area contributed by atoms with Crippen molar-refractivity contribution in [2.75, 3.05) is 6.61 Å². The van der Waals surface area contributed by atoms with E-state index in [9.17, 15) is 19.5 Å². The minimum absolute atomic E-state index is 0.000140. The highest BCUT2D eigenvalue weighted by Gasteiger charge is 2.46. The molecule has 0 aromatic carbocycles. The summed E-state index contributed by atoms with van der Waals surface area (Å²) in [6.07, 6.45) is 23.8. The van der Waals surface area contributed by atoms with Crippen LogP contribution in [0.2, 0.25) is 0 Å². The van der Waals surface area contributed by atoms with Crippen LogP contribution in [-0.4, -0.2) is 53.5 Å². The average Bonchev–Trinajstić information content (AvgIpc) is 3.01. The standard InChI is InChI=1S/C39H72N2O6/c1-7-9-10-11-12-13-14-15-16-17-18-19-20-21-24-30(23-8-2)36(44)40-32-26-22-25-31(27-32)33(28-34(42)43)41-37(45)35-38(3,4)29-46-39(5,6)47-35/h30-33,35H,7-29H2,1-6H3,(H,40,44)(H,41,45)(H,42,43). The number of nitrogens with one attached hydrogen (secondary N) is 2. The van der Waals surface area contributed by atoms with Crippen LogP contribution < -0.4 is 10.6 Å². The van der Waals surface area contributed by atoms with Crippen molar-refractivity contribution < 1.29 is 29.0 Å². The summed E-state index contributed by atoms with van der Waals surface area (Å²) in [4.78, 5) is 38.8. The van der Waals surface area contributed by atoms with Gasteiger partial charge in [0.05, 0.1) is 13.0 Å². The molecule has 1 saturated heterocycles. The van der Waals surface area contributed by atoms with E-state index in [1.807, 2.05) is 13.8 Å². The molecular weight excluding hydrogens is 592 g/mol. The molecule has 2 amide bonds. The second-order valence-corrected chi connectivity index (χ2v) is 15.9. The third-order valence-electron chi connectivity index (χ3n) is 10.4. The van der Waals surface area contributed by atoms with E-state index in [1.165, 1.54) is 83.5 Å². The van der Waals surface area contributed by atoms with E-state index in [4.69, 9.17) is 9.47 Å². The van der Waals surface area contributed by atoms with Gasteiger partial charge in [0, 0.05) is 23.4 Å². The lowest BCUT2D eigenvalue weighted by Crippen LogP contribution is -2.59. The Kier molecular flexibility index (Phi) is 19.5. The van der Waals surface area contributed by atoms with Gasteiger partial charge in [0.15, 0.2) is 5.79 Å². The molecule has 1 saturated carbocycles. The van der Waals surface area contributed by atoms with Gasteiger partial charge in [-0.2, -0.15) is 0 Å². The molecule has 1 heterocycles. The average molecular weight is 665 g/mol. The molecule has 1 aliphatic carbocycles. The van der Waals surface area contributed by atoms with Crippen LogP contribution in [0.15, 0.2) is 0 Å². The summed E-state index contributed by atoms with van der Waals surface area (Å²) in [6.45, 7) is 12.2. The van der Waals surface area contributed by atoms with Crippen molar-refractivity contribution in [3.8, 4) is 0 Å². The first-order valence-corrected chi connectivity index (χ1v) is 19.5. The van der Waals surface area contributed by atoms with Crippen LogP contribution in [0.1, 0.15) is 183 Å². The first kappa shape index (κ1) is 41.5. The van der Waals surface area contributed by atoms with Crippen molar-refractivity contribution in [1.82, 2.24) is 10.6 Å². The predicted octanol–water partition coefficient (Wildman–Crippen LogP) is 9.09. The molecule has 3 N–H and O–H groups in total. The van der Waals surface area contributed by atoms with Crippen LogP contribution in [-0.2, 0) is 23.9 Å². The number of amides is 2. The van der Waals surface area contributed by atoms with Gasteiger partial charge in [0.25, 0.3) is 0 Å². The Bertz CT molecular complexity index is 906. The highest BCUT2D eigenvalue weighted by Crippen LogP contribution is 2.36. The molecule has 0 bridgehead atoms. The smallest absolute Gasteiger partial charge is 0.305 e. The third kappa shape index (κ3) is 16.5. The zero-order chi connectivity index (χ0) is 34.7. The second kappa shape index (κ2) is 22.1. The number of hydrogen-bond donors (Lipinski definition) is 3. The van der Waals surface area contributed by atoms with Crippen LogP contribution in [0.3, 0.4) is 0 Å². The van der Waals surface area contributed by atoms with Crippen LogP contribution >= 0.6 is 0 Å². The molecule has 0 aromatic rings. The van der Waals surface area contributed by atoms with E-state index in [-0.39, 0.29) is 36.1 Å². The zero-order valence-electron chi connectivity index (χ0n) is 31.1. The van der Waals surface area contributed by atoms with Gasteiger partial charge in [0.1, 0.15) is 6.10 Å². The van der Waals surface area contributed by atoms with E-state index < -0.39 is 29.3 Å². The van der Waals surface area contributed by atoms with Crippen LogP contribution in [0.4, 0.5) is 0 Å². The van der Waals surface area contributed by atoms with Crippen molar-refractivity contribution >= 4 is 17.8 Å². The maximum Gasteiger partial charge on any atom is 0.305 e. The molecule has 274 valence electrons. The number of carboxylic acids is 1. The van der Waals surface area contributed by atoms with Gasteiger partial charge in [0.2, 0.25) is 11.8 Å². The Morgan fingerprint density at radius 3 is 1.91 bits per heavy atom. The number of carbonyl (C=O) groups excluding carboxylic acids is 2. The van der Waals surface area contributed by atoms with Gasteiger partial charge < -0.3 is 25.2 Å². The summed E-state index contributed by atoms with van der Waals surface area (Å²) in [5.41, 5.74) is -0.544. The van der Waals surface area contributed by atoms with E-state index in [1.54, 1.807) is 13.8 Å². The first-order chi connectivity index (χ1) is 22.4. The summed E-state index contributed by atoms with van der Waals surface area (Å²) in [5.74, 6) is -1.97. The number of rotatable bonds is 24. The monoisotopic (exact) mass is 665 g/mol. The number of carbonyl (C=O) groups is 3. The quantitative estimate of drug-likeness (QED) is 0.0887. The molecule has 47 heavy (non-hydrogen) atoms. The maximum atomic E-state index is 13.5. The highest BCUT2D eigenvalue weighted by atomic mass is 16.7. The zero-order valence-corrected chi connectivity index (χ0v) is 31.1. The van der Waals surface area contributed by atoms with E-state index in [0.717, 1.165) is 44.9 Å². The Balaban J connectivity index is 1.77. The molecule has 5 atom stereocenters. The molecule has 2 aliphatic rings. The van der Waals surface area contributed by atoms with Crippen LogP contribution in [0.5, 0.6) is 0 Å². The summed E-state index contributed by atoms with van der Waals surface area (Å²) < 4.78 is 11.8. The fourth-order valence-corrected chi connectivity index (χ4v) is 7.49. The lowest BCUT2D eigenvalue weighted by Gasteiger charge is -2.45. The van der Waals surface area contributed by atoms with E-state index in [2.05, 4.69) is 24.5 Å². The number of unbranched alkanes of at least 4 members (excludes halogenated alkanes) is 13.